The van der Waals surface area contributed by atoms with Crippen LogP contribution in [-0.4, -0.2) is 30.8 Å². The van der Waals surface area contributed by atoms with Crippen LogP contribution in [0.1, 0.15) is 33.5 Å². The third-order valence-corrected chi connectivity index (χ3v) is 2.37. The van der Waals surface area contributed by atoms with Crippen molar-refractivity contribution in [3.05, 3.63) is 24.2 Å². The number of carbonyl (C=O) groups is 1. The molecule has 0 fully saturated rings. The van der Waals surface area contributed by atoms with Gasteiger partial charge in [-0.25, -0.2) is 4.79 Å². The van der Waals surface area contributed by atoms with Crippen LogP contribution in [0.3, 0.4) is 0 Å². The monoisotopic (exact) mass is 268 g/mol. The van der Waals surface area contributed by atoms with Gasteiger partial charge in [0.15, 0.2) is 0 Å². The van der Waals surface area contributed by atoms with Crippen LogP contribution >= 0.6 is 0 Å². The summed E-state index contributed by atoms with van der Waals surface area (Å²) in [5.74, 6) is 0.958. The number of alkyl carbamates (subject to hydrolysis) is 1. The lowest BCUT2D eigenvalue weighted by Gasteiger charge is -2.20. The second-order valence-electron chi connectivity index (χ2n) is 5.57. The van der Waals surface area contributed by atoms with Crippen LogP contribution in [0.25, 0.3) is 0 Å². The molecule has 1 unspecified atom stereocenters. The summed E-state index contributed by atoms with van der Waals surface area (Å²) in [4.78, 5) is 11.4. The van der Waals surface area contributed by atoms with E-state index < -0.39 is 5.60 Å². The van der Waals surface area contributed by atoms with Gasteiger partial charge in [0.25, 0.3) is 0 Å². The Bertz CT molecular complexity index is 369. The highest BCUT2D eigenvalue weighted by Gasteiger charge is 2.15. The van der Waals surface area contributed by atoms with Crippen LogP contribution in [-0.2, 0) is 11.2 Å². The van der Waals surface area contributed by atoms with Crippen molar-refractivity contribution in [1.82, 2.24) is 10.6 Å². The normalized spacial score (nSPS) is 13.1. The highest BCUT2D eigenvalue weighted by molar-refractivity contribution is 5.67. The van der Waals surface area contributed by atoms with Crippen molar-refractivity contribution in [3.63, 3.8) is 0 Å². The number of hydrogen-bond acceptors (Lipinski definition) is 4. The number of rotatable bonds is 6. The van der Waals surface area contributed by atoms with E-state index in [1.807, 2.05) is 32.9 Å². The lowest BCUT2D eigenvalue weighted by atomic mass is 10.2. The molecule has 1 aromatic rings. The van der Waals surface area contributed by atoms with E-state index >= 15 is 0 Å². The largest absolute Gasteiger partial charge is 0.469 e. The number of ether oxygens (including phenoxy) is 1. The van der Waals surface area contributed by atoms with Crippen molar-refractivity contribution in [2.45, 2.75) is 45.8 Å². The molecule has 0 saturated carbocycles. The van der Waals surface area contributed by atoms with Crippen molar-refractivity contribution < 1.29 is 13.9 Å². The van der Waals surface area contributed by atoms with Crippen LogP contribution < -0.4 is 10.6 Å². The highest BCUT2D eigenvalue weighted by Crippen LogP contribution is 2.06. The van der Waals surface area contributed by atoms with Gasteiger partial charge in [0.2, 0.25) is 0 Å². The highest BCUT2D eigenvalue weighted by atomic mass is 16.6. The maximum absolute atomic E-state index is 11.4. The summed E-state index contributed by atoms with van der Waals surface area (Å²) in [5, 5.41) is 6.02. The van der Waals surface area contributed by atoms with E-state index in [0.29, 0.717) is 19.1 Å². The van der Waals surface area contributed by atoms with Gasteiger partial charge < -0.3 is 19.8 Å². The minimum Gasteiger partial charge on any atom is -0.469 e. The number of nitrogens with one attached hydrogen (secondary N) is 2. The molecular weight excluding hydrogens is 244 g/mol. The molecule has 0 saturated heterocycles. The number of furan rings is 1. The SMILES string of the molecule is CC(Cc1ccco1)NCCNC(=O)OC(C)(C)C. The minimum atomic E-state index is -0.454. The molecule has 19 heavy (non-hydrogen) atoms. The maximum atomic E-state index is 11.4. The van der Waals surface area contributed by atoms with Gasteiger partial charge in [0.05, 0.1) is 6.26 Å². The summed E-state index contributed by atoms with van der Waals surface area (Å²) < 4.78 is 10.4. The van der Waals surface area contributed by atoms with Gasteiger partial charge in [-0.1, -0.05) is 0 Å². The van der Waals surface area contributed by atoms with Crippen molar-refractivity contribution in [2.24, 2.45) is 0 Å². The van der Waals surface area contributed by atoms with Crippen LogP contribution in [0.5, 0.6) is 0 Å². The summed E-state index contributed by atoms with van der Waals surface area (Å²) in [5.41, 5.74) is -0.454. The molecule has 0 aliphatic carbocycles. The first-order valence-corrected chi connectivity index (χ1v) is 6.59. The molecule has 0 aliphatic heterocycles. The molecular formula is C14H24N2O3. The maximum Gasteiger partial charge on any atom is 0.407 e. The second kappa shape index (κ2) is 7.19. The van der Waals surface area contributed by atoms with Crippen molar-refractivity contribution >= 4 is 6.09 Å². The average Bonchev–Trinajstić information content (AvgIpc) is 2.74. The quantitative estimate of drug-likeness (QED) is 0.777. The number of hydrogen-bond donors (Lipinski definition) is 2. The average molecular weight is 268 g/mol. The van der Waals surface area contributed by atoms with Gasteiger partial charge in [0.1, 0.15) is 11.4 Å². The number of amides is 1. The van der Waals surface area contributed by atoms with E-state index in [-0.39, 0.29) is 6.09 Å². The van der Waals surface area contributed by atoms with E-state index in [4.69, 9.17) is 9.15 Å². The minimum absolute atomic E-state index is 0.298. The van der Waals surface area contributed by atoms with E-state index in [2.05, 4.69) is 17.6 Å². The molecule has 2 N–H and O–H groups in total. The molecule has 0 spiro atoms. The second-order valence-corrected chi connectivity index (χ2v) is 5.57. The first-order chi connectivity index (χ1) is 8.87. The molecule has 108 valence electrons. The zero-order valence-electron chi connectivity index (χ0n) is 12.2. The van der Waals surface area contributed by atoms with Crippen molar-refractivity contribution in [1.29, 1.82) is 0 Å². The van der Waals surface area contributed by atoms with Gasteiger partial charge in [-0.05, 0) is 39.8 Å². The molecule has 1 amide bonds. The summed E-state index contributed by atoms with van der Waals surface area (Å²) in [7, 11) is 0. The molecule has 0 aromatic carbocycles. The smallest absolute Gasteiger partial charge is 0.407 e. The third kappa shape index (κ3) is 7.51. The predicted octanol–water partition coefficient (Wildman–Crippen LogP) is 2.32. The van der Waals surface area contributed by atoms with Crippen LogP contribution in [0.4, 0.5) is 4.79 Å². The summed E-state index contributed by atoms with van der Waals surface area (Å²) in [6.45, 7) is 8.84. The van der Waals surface area contributed by atoms with Crippen molar-refractivity contribution in [3.8, 4) is 0 Å². The molecule has 0 bridgehead atoms. The Morgan fingerprint density at radius 3 is 2.74 bits per heavy atom. The standard InChI is InChI=1S/C14H24N2O3/c1-11(10-12-6-5-9-18-12)15-7-8-16-13(17)19-14(2,3)4/h5-6,9,11,15H,7-8,10H2,1-4H3,(H,16,17). The fourth-order valence-electron chi connectivity index (χ4n) is 1.60. The van der Waals surface area contributed by atoms with E-state index in [0.717, 1.165) is 12.2 Å². The fraction of sp³-hybridized carbons (Fsp3) is 0.643. The Morgan fingerprint density at radius 2 is 2.16 bits per heavy atom. The summed E-state index contributed by atoms with van der Waals surface area (Å²) in [6.07, 6.45) is 2.12. The topological polar surface area (TPSA) is 63.5 Å². The van der Waals surface area contributed by atoms with E-state index in [1.165, 1.54) is 0 Å². The Kier molecular flexibility index (Phi) is 5.89. The molecule has 5 heteroatoms. The molecule has 1 heterocycles. The van der Waals surface area contributed by atoms with Gasteiger partial charge in [-0.2, -0.15) is 0 Å². The Balaban J connectivity index is 2.09. The molecule has 5 nitrogen and oxygen atoms in total. The number of carbonyl (C=O) groups excluding carboxylic acids is 1. The fourth-order valence-corrected chi connectivity index (χ4v) is 1.60. The molecule has 1 aromatic heterocycles. The summed E-state index contributed by atoms with van der Waals surface area (Å²) >= 11 is 0. The third-order valence-electron chi connectivity index (χ3n) is 2.37. The van der Waals surface area contributed by atoms with Crippen LogP contribution in [0, 0.1) is 0 Å². The molecule has 1 atom stereocenters. The van der Waals surface area contributed by atoms with Gasteiger partial charge >= 0.3 is 6.09 Å². The summed E-state index contributed by atoms with van der Waals surface area (Å²) in [6, 6.07) is 4.13. The lowest BCUT2D eigenvalue weighted by Crippen LogP contribution is -2.39. The Labute approximate surface area is 114 Å². The van der Waals surface area contributed by atoms with E-state index in [9.17, 15) is 4.79 Å². The predicted molar refractivity (Wildman–Crippen MR) is 74.1 cm³/mol. The lowest BCUT2D eigenvalue weighted by molar-refractivity contribution is 0.0528. The van der Waals surface area contributed by atoms with E-state index in [1.54, 1.807) is 6.26 Å². The molecule has 0 aliphatic rings. The van der Waals surface area contributed by atoms with Crippen LogP contribution in [0.15, 0.2) is 22.8 Å². The molecule has 0 radical (unpaired) electrons. The van der Waals surface area contributed by atoms with Crippen LogP contribution in [0.2, 0.25) is 0 Å². The zero-order valence-corrected chi connectivity index (χ0v) is 12.2. The Hall–Kier alpha value is -1.49. The van der Waals surface area contributed by atoms with Crippen molar-refractivity contribution in [2.75, 3.05) is 13.1 Å². The van der Waals surface area contributed by atoms with Gasteiger partial charge in [0, 0.05) is 25.6 Å². The Morgan fingerprint density at radius 1 is 1.42 bits per heavy atom. The first kappa shape index (κ1) is 15.6. The van der Waals surface area contributed by atoms with Gasteiger partial charge in [-0.15, -0.1) is 0 Å². The first-order valence-electron chi connectivity index (χ1n) is 6.59. The molecule has 1 rings (SSSR count). The zero-order chi connectivity index (χ0) is 14.3. The van der Waals surface area contributed by atoms with Gasteiger partial charge in [-0.3, -0.25) is 0 Å².